The van der Waals surface area contributed by atoms with Gasteiger partial charge in [0.25, 0.3) is 5.91 Å². The van der Waals surface area contributed by atoms with Crippen LogP contribution in [0.5, 0.6) is 5.75 Å². The molecular formula is C16H15ClN2O2. The normalized spacial score (nSPS) is 14.0. The van der Waals surface area contributed by atoms with Crippen molar-refractivity contribution >= 4 is 17.5 Å². The standard InChI is InChI=1S/C16H15ClN2O2/c1-21-13-5-2-11(3-6-13)10-19-9-8-12-4-7-14(17)18-15(12)16(19)20/h2-7H,8-10H2,1H3. The van der Waals surface area contributed by atoms with Crippen molar-refractivity contribution in [2.24, 2.45) is 0 Å². The lowest BCUT2D eigenvalue weighted by Gasteiger charge is -2.28. The number of ether oxygens (including phenoxy) is 1. The minimum absolute atomic E-state index is 0.0606. The second-order valence-electron chi connectivity index (χ2n) is 4.97. The third-order valence-electron chi connectivity index (χ3n) is 3.62. The molecule has 0 N–H and O–H groups in total. The Balaban J connectivity index is 1.79. The number of pyridine rings is 1. The maximum absolute atomic E-state index is 12.5. The van der Waals surface area contributed by atoms with E-state index in [1.54, 1.807) is 18.1 Å². The first-order valence-electron chi connectivity index (χ1n) is 6.75. The number of rotatable bonds is 3. The molecule has 108 valence electrons. The Hall–Kier alpha value is -2.07. The summed E-state index contributed by atoms with van der Waals surface area (Å²) >= 11 is 5.89. The van der Waals surface area contributed by atoms with E-state index in [0.717, 1.165) is 23.3 Å². The molecule has 5 heteroatoms. The van der Waals surface area contributed by atoms with Crippen LogP contribution in [0.2, 0.25) is 5.15 Å². The van der Waals surface area contributed by atoms with Gasteiger partial charge in [0.15, 0.2) is 0 Å². The number of nitrogens with zero attached hydrogens (tertiary/aromatic N) is 2. The van der Waals surface area contributed by atoms with Crippen LogP contribution in [0.25, 0.3) is 0 Å². The SMILES string of the molecule is COc1ccc(CN2CCc3ccc(Cl)nc3C2=O)cc1. The maximum atomic E-state index is 12.5. The van der Waals surface area contributed by atoms with Crippen molar-refractivity contribution in [3.63, 3.8) is 0 Å². The molecule has 0 atom stereocenters. The molecule has 0 unspecified atom stereocenters. The van der Waals surface area contributed by atoms with Gasteiger partial charge in [-0.25, -0.2) is 4.98 Å². The third-order valence-corrected chi connectivity index (χ3v) is 3.83. The van der Waals surface area contributed by atoms with Crippen LogP contribution in [-0.2, 0) is 13.0 Å². The summed E-state index contributed by atoms with van der Waals surface area (Å²) in [6.07, 6.45) is 0.807. The van der Waals surface area contributed by atoms with Gasteiger partial charge in [-0.15, -0.1) is 0 Å². The molecule has 1 aromatic heterocycles. The highest BCUT2D eigenvalue weighted by molar-refractivity contribution is 6.29. The van der Waals surface area contributed by atoms with E-state index in [0.29, 0.717) is 23.9 Å². The van der Waals surface area contributed by atoms with Crippen LogP contribution in [-0.4, -0.2) is 29.4 Å². The van der Waals surface area contributed by atoms with Gasteiger partial charge in [0.1, 0.15) is 16.6 Å². The monoisotopic (exact) mass is 302 g/mol. The Morgan fingerprint density at radius 1 is 1.24 bits per heavy atom. The summed E-state index contributed by atoms with van der Waals surface area (Å²) in [4.78, 5) is 18.4. The molecule has 0 spiro atoms. The highest BCUT2D eigenvalue weighted by Crippen LogP contribution is 2.21. The molecule has 0 aliphatic carbocycles. The third kappa shape index (κ3) is 2.85. The van der Waals surface area contributed by atoms with Crippen LogP contribution in [0.1, 0.15) is 21.6 Å². The van der Waals surface area contributed by atoms with Gasteiger partial charge in [-0.1, -0.05) is 29.8 Å². The summed E-state index contributed by atoms with van der Waals surface area (Å²) in [6.45, 7) is 1.26. The largest absolute Gasteiger partial charge is 0.497 e. The molecule has 1 amide bonds. The molecule has 1 aromatic carbocycles. The smallest absolute Gasteiger partial charge is 0.273 e. The summed E-state index contributed by atoms with van der Waals surface area (Å²) in [5.74, 6) is 0.747. The van der Waals surface area contributed by atoms with E-state index < -0.39 is 0 Å². The lowest BCUT2D eigenvalue weighted by molar-refractivity contribution is 0.0720. The molecule has 0 fully saturated rings. The summed E-state index contributed by atoms with van der Waals surface area (Å²) in [7, 11) is 1.63. The first-order chi connectivity index (χ1) is 10.2. The molecule has 1 aliphatic rings. The Morgan fingerprint density at radius 3 is 2.71 bits per heavy atom. The molecule has 3 rings (SSSR count). The summed E-state index contributed by atoms with van der Waals surface area (Å²) in [5, 5.41) is 0.355. The van der Waals surface area contributed by atoms with Gasteiger partial charge in [0.05, 0.1) is 7.11 Å². The van der Waals surface area contributed by atoms with Gasteiger partial charge < -0.3 is 9.64 Å². The van der Waals surface area contributed by atoms with Crippen molar-refractivity contribution in [2.75, 3.05) is 13.7 Å². The predicted molar refractivity (Wildman–Crippen MR) is 80.7 cm³/mol. The van der Waals surface area contributed by atoms with E-state index >= 15 is 0 Å². The van der Waals surface area contributed by atoms with Gasteiger partial charge in [0.2, 0.25) is 0 Å². The van der Waals surface area contributed by atoms with Crippen LogP contribution in [0.4, 0.5) is 0 Å². The number of hydrogen-bond acceptors (Lipinski definition) is 3. The fourth-order valence-corrected chi connectivity index (χ4v) is 2.61. The van der Waals surface area contributed by atoms with Crippen molar-refractivity contribution in [1.29, 1.82) is 0 Å². The summed E-state index contributed by atoms with van der Waals surface area (Å²) in [6, 6.07) is 11.3. The van der Waals surface area contributed by atoms with E-state index in [-0.39, 0.29) is 5.91 Å². The van der Waals surface area contributed by atoms with Crippen molar-refractivity contribution < 1.29 is 9.53 Å². The fraction of sp³-hybridized carbons (Fsp3) is 0.250. The zero-order valence-corrected chi connectivity index (χ0v) is 12.4. The summed E-state index contributed by atoms with van der Waals surface area (Å²) in [5.41, 5.74) is 2.51. The fourth-order valence-electron chi connectivity index (χ4n) is 2.46. The highest BCUT2D eigenvalue weighted by atomic mass is 35.5. The predicted octanol–water partition coefficient (Wildman–Crippen LogP) is 2.94. The topological polar surface area (TPSA) is 42.4 Å². The van der Waals surface area contributed by atoms with E-state index in [1.807, 2.05) is 30.3 Å². The average molecular weight is 303 g/mol. The minimum Gasteiger partial charge on any atom is -0.497 e. The van der Waals surface area contributed by atoms with E-state index in [9.17, 15) is 4.79 Å². The Bertz CT molecular complexity index is 670. The average Bonchev–Trinajstić information content (AvgIpc) is 2.51. The number of methoxy groups -OCH3 is 1. The first kappa shape index (κ1) is 13.9. The molecule has 0 saturated carbocycles. The van der Waals surface area contributed by atoms with Crippen molar-refractivity contribution in [3.05, 3.63) is 58.4 Å². The number of aromatic nitrogens is 1. The zero-order chi connectivity index (χ0) is 14.8. The summed E-state index contributed by atoms with van der Waals surface area (Å²) < 4.78 is 5.13. The quantitative estimate of drug-likeness (QED) is 0.819. The zero-order valence-electron chi connectivity index (χ0n) is 11.7. The Morgan fingerprint density at radius 2 is 2.00 bits per heavy atom. The van der Waals surface area contributed by atoms with E-state index in [1.165, 1.54) is 0 Å². The van der Waals surface area contributed by atoms with E-state index in [2.05, 4.69) is 4.98 Å². The number of fused-ring (bicyclic) bond motifs is 1. The van der Waals surface area contributed by atoms with Gasteiger partial charge >= 0.3 is 0 Å². The number of amides is 1. The van der Waals surface area contributed by atoms with Gasteiger partial charge in [-0.3, -0.25) is 4.79 Å². The molecule has 21 heavy (non-hydrogen) atoms. The van der Waals surface area contributed by atoms with Gasteiger partial charge in [-0.05, 0) is 35.7 Å². The lowest BCUT2D eigenvalue weighted by Crippen LogP contribution is -2.37. The van der Waals surface area contributed by atoms with Crippen molar-refractivity contribution in [1.82, 2.24) is 9.88 Å². The van der Waals surface area contributed by atoms with Crippen LogP contribution in [0, 0.1) is 0 Å². The highest BCUT2D eigenvalue weighted by Gasteiger charge is 2.25. The van der Waals surface area contributed by atoms with Crippen molar-refractivity contribution in [3.8, 4) is 5.75 Å². The lowest BCUT2D eigenvalue weighted by atomic mass is 10.0. The maximum Gasteiger partial charge on any atom is 0.273 e. The first-order valence-corrected chi connectivity index (χ1v) is 7.13. The van der Waals surface area contributed by atoms with Crippen LogP contribution in [0.15, 0.2) is 36.4 Å². The van der Waals surface area contributed by atoms with E-state index in [4.69, 9.17) is 16.3 Å². The number of halogens is 1. The molecule has 2 aromatic rings. The minimum atomic E-state index is -0.0606. The number of hydrogen-bond donors (Lipinski definition) is 0. The molecule has 0 saturated heterocycles. The molecular weight excluding hydrogens is 288 g/mol. The number of carbonyl (C=O) groups is 1. The molecule has 0 bridgehead atoms. The Kier molecular flexibility index (Phi) is 3.80. The van der Waals surface area contributed by atoms with Crippen LogP contribution < -0.4 is 4.74 Å². The molecule has 4 nitrogen and oxygen atoms in total. The van der Waals surface area contributed by atoms with Crippen molar-refractivity contribution in [2.45, 2.75) is 13.0 Å². The van der Waals surface area contributed by atoms with Crippen LogP contribution >= 0.6 is 11.6 Å². The second kappa shape index (κ2) is 5.74. The molecule has 1 aliphatic heterocycles. The van der Waals surface area contributed by atoms with Gasteiger partial charge in [0, 0.05) is 13.1 Å². The van der Waals surface area contributed by atoms with Crippen LogP contribution in [0.3, 0.4) is 0 Å². The number of benzene rings is 1. The number of carbonyl (C=O) groups excluding carboxylic acids is 1. The molecule has 2 heterocycles. The Labute approximate surface area is 128 Å². The molecule has 0 radical (unpaired) electrons. The second-order valence-corrected chi connectivity index (χ2v) is 5.35. The van der Waals surface area contributed by atoms with Gasteiger partial charge in [-0.2, -0.15) is 0 Å².